The molecule has 0 N–H and O–H groups in total. The number of nitro benzene ring substituents is 1. The van der Waals surface area contributed by atoms with E-state index in [1.165, 1.54) is 34.6 Å². The zero-order valence-electron chi connectivity index (χ0n) is 15.0. The second-order valence-corrected chi connectivity index (χ2v) is 8.75. The number of aromatic nitrogens is 1. The van der Waals surface area contributed by atoms with Crippen molar-refractivity contribution in [3.8, 4) is 6.07 Å². The Morgan fingerprint density at radius 2 is 2.07 bits per heavy atom. The molecule has 1 amide bonds. The van der Waals surface area contributed by atoms with Crippen molar-refractivity contribution in [3.63, 3.8) is 0 Å². The first-order valence-electron chi connectivity index (χ1n) is 8.45. The van der Waals surface area contributed by atoms with Crippen molar-refractivity contribution in [3.05, 3.63) is 80.3 Å². The number of thioether (sulfide) groups is 1. The van der Waals surface area contributed by atoms with Crippen molar-refractivity contribution in [1.82, 2.24) is 9.88 Å². The number of para-hydroxylation sites is 1. The smallest absolute Gasteiger partial charge is 0.268 e. The van der Waals surface area contributed by atoms with Crippen LogP contribution in [0.1, 0.15) is 10.6 Å². The average Bonchev–Trinajstić information content (AvgIpc) is 3.27. The zero-order valence-corrected chi connectivity index (χ0v) is 17.5. The molecule has 0 aliphatic carbocycles. The summed E-state index contributed by atoms with van der Waals surface area (Å²) in [6, 6.07) is 15.6. The van der Waals surface area contributed by atoms with Crippen molar-refractivity contribution >= 4 is 73.1 Å². The van der Waals surface area contributed by atoms with E-state index in [0.29, 0.717) is 15.5 Å². The summed E-state index contributed by atoms with van der Waals surface area (Å²) in [5, 5.41) is 21.1. The predicted octanol–water partition coefficient (Wildman–Crippen LogP) is 4.97. The zero-order chi connectivity index (χ0) is 21.3. The number of fused-ring (bicyclic) bond motifs is 1. The standard InChI is InChI=1S/C20H10N4O3S3/c21-10-13(18-22-15-6-1-2-7-16(15)29-18)11-23-19(25)17(30-20(23)28)9-12-4-3-5-14(8-12)24(26)27/h1-9,11H/b13-11+,17-9-. The second kappa shape index (κ2) is 8.16. The Balaban J connectivity index is 1.65. The fourth-order valence-electron chi connectivity index (χ4n) is 2.72. The minimum atomic E-state index is -0.498. The first-order chi connectivity index (χ1) is 14.5. The topological polar surface area (TPSA) is 100 Å². The fraction of sp³-hybridized carbons (Fsp3) is 0. The molecule has 0 bridgehead atoms. The molecular formula is C20H10N4O3S3. The van der Waals surface area contributed by atoms with Gasteiger partial charge in [-0.15, -0.1) is 11.3 Å². The van der Waals surface area contributed by atoms with Gasteiger partial charge in [0.1, 0.15) is 16.6 Å². The third-order valence-corrected chi connectivity index (χ3v) is 6.51. The molecule has 0 saturated carbocycles. The van der Waals surface area contributed by atoms with Crippen LogP contribution in [-0.2, 0) is 4.79 Å². The van der Waals surface area contributed by atoms with Gasteiger partial charge in [-0.2, -0.15) is 5.26 Å². The number of allylic oxidation sites excluding steroid dienone is 1. The van der Waals surface area contributed by atoms with Crippen LogP contribution < -0.4 is 0 Å². The van der Waals surface area contributed by atoms with E-state index in [9.17, 15) is 20.2 Å². The number of non-ortho nitro benzene ring substituents is 1. The normalized spacial score (nSPS) is 15.8. The van der Waals surface area contributed by atoms with Crippen LogP contribution in [0.5, 0.6) is 0 Å². The highest BCUT2D eigenvalue weighted by Gasteiger charge is 2.31. The van der Waals surface area contributed by atoms with Crippen molar-refractivity contribution in [2.75, 3.05) is 0 Å². The summed E-state index contributed by atoms with van der Waals surface area (Å²) in [6.07, 6.45) is 2.94. The number of nitriles is 1. The third kappa shape index (κ3) is 3.86. The molecule has 0 radical (unpaired) electrons. The van der Waals surface area contributed by atoms with E-state index in [2.05, 4.69) is 11.1 Å². The molecule has 1 aliphatic heterocycles. The maximum absolute atomic E-state index is 12.8. The van der Waals surface area contributed by atoms with Crippen molar-refractivity contribution in [2.24, 2.45) is 0 Å². The lowest BCUT2D eigenvalue weighted by atomic mass is 10.2. The minimum absolute atomic E-state index is 0.0678. The van der Waals surface area contributed by atoms with Gasteiger partial charge in [-0.05, 0) is 23.8 Å². The Bertz CT molecular complexity index is 1290. The molecule has 0 atom stereocenters. The molecule has 1 aliphatic rings. The summed E-state index contributed by atoms with van der Waals surface area (Å²) in [5.74, 6) is -0.398. The van der Waals surface area contributed by atoms with Crippen molar-refractivity contribution < 1.29 is 9.72 Å². The summed E-state index contributed by atoms with van der Waals surface area (Å²) in [4.78, 5) is 29.3. The quantitative estimate of drug-likeness (QED) is 0.182. The van der Waals surface area contributed by atoms with Gasteiger partial charge in [-0.25, -0.2) is 4.98 Å². The summed E-state index contributed by atoms with van der Waals surface area (Å²) < 4.78 is 1.20. The molecule has 30 heavy (non-hydrogen) atoms. The van der Waals surface area contributed by atoms with E-state index in [0.717, 1.165) is 22.0 Å². The first-order valence-corrected chi connectivity index (χ1v) is 10.5. The van der Waals surface area contributed by atoms with Gasteiger partial charge in [-0.1, -0.05) is 48.2 Å². The van der Waals surface area contributed by atoms with Gasteiger partial charge in [-0.3, -0.25) is 19.8 Å². The number of nitro groups is 1. The van der Waals surface area contributed by atoms with E-state index < -0.39 is 10.8 Å². The lowest BCUT2D eigenvalue weighted by Gasteiger charge is -2.08. The van der Waals surface area contributed by atoms with Crippen LogP contribution in [0.25, 0.3) is 21.9 Å². The third-order valence-electron chi connectivity index (χ3n) is 4.11. The van der Waals surface area contributed by atoms with Crippen LogP contribution in [-0.4, -0.2) is 25.0 Å². The summed E-state index contributed by atoms with van der Waals surface area (Å²) in [5.41, 5.74) is 1.45. The van der Waals surface area contributed by atoms with E-state index in [1.807, 2.05) is 24.3 Å². The molecule has 2 heterocycles. The van der Waals surface area contributed by atoms with Gasteiger partial charge in [0.2, 0.25) is 0 Å². The molecular weight excluding hydrogens is 440 g/mol. The Morgan fingerprint density at radius 3 is 2.80 bits per heavy atom. The number of carbonyl (C=O) groups excluding carboxylic acids is 1. The van der Waals surface area contributed by atoms with Crippen molar-refractivity contribution in [2.45, 2.75) is 0 Å². The van der Waals surface area contributed by atoms with Gasteiger partial charge < -0.3 is 0 Å². The first kappa shape index (κ1) is 19.9. The Labute approximate surface area is 184 Å². The number of rotatable bonds is 4. The van der Waals surface area contributed by atoms with Gasteiger partial charge in [0.05, 0.1) is 20.0 Å². The highest BCUT2D eigenvalue weighted by Crippen LogP contribution is 2.35. The molecule has 2 aromatic carbocycles. The molecule has 1 saturated heterocycles. The lowest BCUT2D eigenvalue weighted by molar-refractivity contribution is -0.384. The number of thiazole rings is 1. The number of carbonyl (C=O) groups is 1. The van der Waals surface area contributed by atoms with Crippen LogP contribution in [0.3, 0.4) is 0 Å². The molecule has 146 valence electrons. The summed E-state index contributed by atoms with van der Waals surface area (Å²) >= 11 is 7.73. The molecule has 1 aromatic heterocycles. The molecule has 7 nitrogen and oxygen atoms in total. The average molecular weight is 451 g/mol. The Hall–Kier alpha value is -3.39. The molecule has 4 rings (SSSR count). The monoisotopic (exact) mass is 450 g/mol. The van der Waals surface area contributed by atoms with Crippen LogP contribution in [0.15, 0.2) is 59.6 Å². The number of hydrogen-bond donors (Lipinski definition) is 0. The van der Waals surface area contributed by atoms with Crippen LogP contribution in [0.4, 0.5) is 5.69 Å². The number of thiocarbonyl (C=S) groups is 1. The maximum Gasteiger partial charge on any atom is 0.270 e. The maximum atomic E-state index is 12.8. The Morgan fingerprint density at radius 1 is 1.27 bits per heavy atom. The second-order valence-electron chi connectivity index (χ2n) is 6.05. The van der Waals surface area contributed by atoms with Gasteiger partial charge in [0, 0.05) is 18.3 Å². The van der Waals surface area contributed by atoms with E-state index in [-0.39, 0.29) is 15.6 Å². The molecule has 3 aromatic rings. The lowest BCUT2D eigenvalue weighted by Crippen LogP contribution is -2.22. The largest absolute Gasteiger partial charge is 0.270 e. The van der Waals surface area contributed by atoms with Crippen LogP contribution in [0, 0.1) is 21.4 Å². The van der Waals surface area contributed by atoms with Gasteiger partial charge >= 0.3 is 0 Å². The SMILES string of the molecule is N#C/C(=C\N1C(=O)/C(=C/c2cccc([N+](=O)[O-])c2)SC1=S)c1nc2ccccc2s1. The fourth-order valence-corrected chi connectivity index (χ4v) is 4.85. The van der Waals surface area contributed by atoms with Gasteiger partial charge in [0.15, 0.2) is 4.32 Å². The highest BCUT2D eigenvalue weighted by atomic mass is 32.2. The van der Waals surface area contributed by atoms with Crippen LogP contribution >= 0.6 is 35.3 Å². The molecule has 0 spiro atoms. The van der Waals surface area contributed by atoms with Gasteiger partial charge in [0.25, 0.3) is 11.6 Å². The minimum Gasteiger partial charge on any atom is -0.268 e. The number of benzene rings is 2. The molecule has 10 heteroatoms. The number of hydrogen-bond acceptors (Lipinski definition) is 8. The summed E-state index contributed by atoms with van der Waals surface area (Å²) in [7, 11) is 0. The van der Waals surface area contributed by atoms with E-state index in [1.54, 1.807) is 18.2 Å². The van der Waals surface area contributed by atoms with Crippen molar-refractivity contribution in [1.29, 1.82) is 5.26 Å². The van der Waals surface area contributed by atoms with E-state index >= 15 is 0 Å². The highest BCUT2D eigenvalue weighted by molar-refractivity contribution is 8.26. The molecule has 0 unspecified atom stereocenters. The Kier molecular flexibility index (Phi) is 5.41. The number of nitrogens with zero attached hydrogens (tertiary/aromatic N) is 4. The van der Waals surface area contributed by atoms with Crippen LogP contribution in [0.2, 0.25) is 0 Å². The predicted molar refractivity (Wildman–Crippen MR) is 121 cm³/mol. The van der Waals surface area contributed by atoms with E-state index in [4.69, 9.17) is 12.2 Å². The molecule has 1 fully saturated rings. The number of amides is 1. The summed E-state index contributed by atoms with van der Waals surface area (Å²) in [6.45, 7) is 0.